The van der Waals surface area contributed by atoms with Gasteiger partial charge in [-0.1, -0.05) is 37.0 Å². The quantitative estimate of drug-likeness (QED) is 0.598. The van der Waals surface area contributed by atoms with Crippen molar-refractivity contribution in [3.63, 3.8) is 0 Å². The molecule has 0 spiro atoms. The Bertz CT molecular complexity index is 1100. The van der Waals surface area contributed by atoms with E-state index in [-0.39, 0.29) is 21.3 Å². The molecule has 0 saturated carbocycles. The van der Waals surface area contributed by atoms with Gasteiger partial charge in [-0.05, 0) is 41.7 Å². The maximum Gasteiger partial charge on any atom is 0.205 e. The van der Waals surface area contributed by atoms with Crippen LogP contribution >= 0.6 is 23.2 Å². The highest BCUT2D eigenvalue weighted by Gasteiger charge is 2.46. The average Bonchev–Trinajstić information content (AvgIpc) is 3.04. The summed E-state index contributed by atoms with van der Waals surface area (Å²) in [7, 11) is 1.50. The molecule has 2 aromatic carbocycles. The van der Waals surface area contributed by atoms with Gasteiger partial charge in [0.15, 0.2) is 0 Å². The van der Waals surface area contributed by atoms with Gasteiger partial charge in [0, 0.05) is 16.1 Å². The van der Waals surface area contributed by atoms with Gasteiger partial charge in [-0.15, -0.1) is 0 Å². The van der Waals surface area contributed by atoms with E-state index in [1.54, 1.807) is 26.4 Å². The number of fused-ring (bicyclic) bond motifs is 2. The van der Waals surface area contributed by atoms with E-state index in [1.165, 1.54) is 6.07 Å². The molecule has 2 aromatic rings. The van der Waals surface area contributed by atoms with Gasteiger partial charge in [-0.3, -0.25) is 4.79 Å². The number of halogens is 2. The number of carbonyl (C=O) groups excluding carboxylic acids is 1. The van der Waals surface area contributed by atoms with Crippen molar-refractivity contribution in [2.45, 2.75) is 25.2 Å². The summed E-state index contributed by atoms with van der Waals surface area (Å²) in [4.78, 5) is 13.9. The zero-order valence-corrected chi connectivity index (χ0v) is 18.1. The average molecular weight is 437 g/mol. The molecule has 4 rings (SSSR count). The number of benzene rings is 2. The van der Waals surface area contributed by atoms with Crippen LogP contribution in [0.1, 0.15) is 35.3 Å². The molecule has 0 radical (unpaired) electrons. The Hall–Kier alpha value is -1.82. The van der Waals surface area contributed by atoms with Crippen LogP contribution in [-0.2, 0) is 17.2 Å². The number of hydrogen-bond acceptors (Lipinski definition) is 4. The second-order valence-corrected chi connectivity index (χ2v) is 9.68. The van der Waals surface area contributed by atoms with E-state index in [4.69, 9.17) is 32.7 Å². The number of ketones is 1. The van der Waals surface area contributed by atoms with Crippen LogP contribution in [0.15, 0.2) is 34.1 Å². The molecule has 0 unspecified atom stereocenters. The number of methoxy groups -OCH3 is 2. The van der Waals surface area contributed by atoms with Crippen LogP contribution in [0.5, 0.6) is 11.5 Å². The topological polar surface area (TPSA) is 52.6 Å². The van der Waals surface area contributed by atoms with E-state index in [9.17, 15) is 9.00 Å². The summed E-state index contributed by atoms with van der Waals surface area (Å²) in [5.41, 5.74) is 2.25. The van der Waals surface area contributed by atoms with Crippen molar-refractivity contribution in [3.8, 4) is 11.5 Å². The highest BCUT2D eigenvalue weighted by Crippen LogP contribution is 2.56. The Morgan fingerprint density at radius 1 is 1.04 bits per heavy atom. The van der Waals surface area contributed by atoms with Gasteiger partial charge in [0.25, 0.3) is 0 Å². The van der Waals surface area contributed by atoms with E-state index in [0.29, 0.717) is 33.4 Å². The lowest BCUT2D eigenvalue weighted by Crippen LogP contribution is -2.15. The first-order chi connectivity index (χ1) is 13.2. The maximum absolute atomic E-state index is 13.4. The minimum absolute atomic E-state index is 0.213. The Labute approximate surface area is 175 Å². The van der Waals surface area contributed by atoms with Crippen molar-refractivity contribution in [2.75, 3.05) is 14.2 Å². The van der Waals surface area contributed by atoms with Crippen LogP contribution in [0.2, 0.25) is 10.0 Å². The Balaban J connectivity index is 2.08. The number of allylic oxidation sites excluding steroid dienone is 2. The number of Topliss-reactive ketones (excluding diaryl/α,β-unsaturated/α-hetero) is 1. The van der Waals surface area contributed by atoms with Gasteiger partial charge in [0.05, 0.1) is 45.4 Å². The van der Waals surface area contributed by atoms with Crippen LogP contribution in [0.25, 0.3) is 5.57 Å². The molecule has 1 aliphatic carbocycles. The number of carbonyl (C=O) groups is 1. The maximum atomic E-state index is 13.4. The molecule has 2 aliphatic rings. The zero-order chi connectivity index (χ0) is 20.4. The second kappa shape index (κ2) is 6.61. The lowest BCUT2D eigenvalue weighted by atomic mass is 9.83. The Kier molecular flexibility index (Phi) is 4.60. The molecule has 0 N–H and O–H groups in total. The van der Waals surface area contributed by atoms with E-state index < -0.39 is 16.2 Å². The van der Waals surface area contributed by atoms with Crippen LogP contribution in [0, 0.1) is 5.41 Å². The first-order valence-corrected chi connectivity index (χ1v) is 10.6. The van der Waals surface area contributed by atoms with E-state index in [2.05, 4.69) is 0 Å². The molecule has 0 bridgehead atoms. The Morgan fingerprint density at radius 2 is 1.68 bits per heavy atom. The van der Waals surface area contributed by atoms with E-state index in [1.807, 2.05) is 19.9 Å². The molecule has 1 aliphatic heterocycles. The van der Waals surface area contributed by atoms with Crippen LogP contribution in [0.3, 0.4) is 0 Å². The molecule has 0 fully saturated rings. The van der Waals surface area contributed by atoms with E-state index >= 15 is 0 Å². The van der Waals surface area contributed by atoms with Crippen molar-refractivity contribution in [1.29, 1.82) is 0 Å². The molecule has 0 saturated heterocycles. The third-order valence-corrected chi connectivity index (χ3v) is 7.28. The molecule has 1 heterocycles. The third-order valence-electron chi connectivity index (χ3n) is 5.28. The summed E-state index contributed by atoms with van der Waals surface area (Å²) in [6, 6.07) is 6.71. The monoisotopic (exact) mass is 436 g/mol. The predicted molar refractivity (Wildman–Crippen MR) is 111 cm³/mol. The van der Waals surface area contributed by atoms with Crippen LogP contribution in [0.4, 0.5) is 0 Å². The van der Waals surface area contributed by atoms with Crippen molar-refractivity contribution in [3.05, 3.63) is 55.9 Å². The summed E-state index contributed by atoms with van der Waals surface area (Å²) >= 11 is 12.4. The smallest absolute Gasteiger partial charge is 0.205 e. The first-order valence-electron chi connectivity index (χ1n) is 8.65. The van der Waals surface area contributed by atoms with Gasteiger partial charge in [-0.25, -0.2) is 4.21 Å². The zero-order valence-electron chi connectivity index (χ0n) is 15.8. The summed E-state index contributed by atoms with van der Waals surface area (Å²) in [6.45, 7) is 4.05. The Morgan fingerprint density at radius 3 is 2.32 bits per heavy atom. The molecular weight excluding hydrogens is 419 g/mol. The molecule has 4 nitrogen and oxygen atoms in total. The lowest BCUT2D eigenvalue weighted by molar-refractivity contribution is 0.104. The van der Waals surface area contributed by atoms with Crippen molar-refractivity contribution in [2.24, 2.45) is 5.41 Å². The fourth-order valence-corrected chi connectivity index (χ4v) is 6.51. The van der Waals surface area contributed by atoms with Gasteiger partial charge < -0.3 is 9.47 Å². The summed E-state index contributed by atoms with van der Waals surface area (Å²) in [5.74, 6) is 1.01. The highest BCUT2D eigenvalue weighted by molar-refractivity contribution is 7.91. The van der Waals surface area contributed by atoms with E-state index in [0.717, 1.165) is 11.1 Å². The SMILES string of the molecule is COc1ccc(OC)c2c1CC(C)(C)/C2=C1/C(=O)c2c(Cl)cc(Cl)cc2[S@@]1=O. The first kappa shape index (κ1) is 19.5. The van der Waals surface area contributed by atoms with Crippen molar-refractivity contribution >= 4 is 45.4 Å². The normalized spacial score (nSPS) is 22.2. The minimum Gasteiger partial charge on any atom is -0.496 e. The largest absolute Gasteiger partial charge is 0.496 e. The van der Waals surface area contributed by atoms with Crippen LogP contribution in [-0.4, -0.2) is 24.2 Å². The van der Waals surface area contributed by atoms with Crippen molar-refractivity contribution < 1.29 is 18.5 Å². The van der Waals surface area contributed by atoms with Crippen LogP contribution < -0.4 is 9.47 Å². The van der Waals surface area contributed by atoms with Gasteiger partial charge in [0.1, 0.15) is 11.5 Å². The van der Waals surface area contributed by atoms with Gasteiger partial charge in [0.2, 0.25) is 5.78 Å². The number of rotatable bonds is 2. The molecule has 0 amide bonds. The van der Waals surface area contributed by atoms with Crippen molar-refractivity contribution in [1.82, 2.24) is 0 Å². The van der Waals surface area contributed by atoms with Gasteiger partial charge in [-0.2, -0.15) is 0 Å². The predicted octanol–water partition coefficient (Wildman–Crippen LogP) is 5.31. The number of ether oxygens (including phenoxy) is 2. The fourth-order valence-electron chi connectivity index (χ4n) is 4.14. The number of hydrogen-bond donors (Lipinski definition) is 0. The molecule has 28 heavy (non-hydrogen) atoms. The molecule has 1 atom stereocenters. The fraction of sp³-hybridized carbons (Fsp3) is 0.286. The minimum atomic E-state index is -1.68. The lowest BCUT2D eigenvalue weighted by Gasteiger charge is -2.22. The highest BCUT2D eigenvalue weighted by atomic mass is 35.5. The summed E-state index contributed by atoms with van der Waals surface area (Å²) in [6.07, 6.45) is 0.636. The third kappa shape index (κ3) is 2.64. The van der Waals surface area contributed by atoms with Gasteiger partial charge >= 0.3 is 0 Å². The molecule has 146 valence electrons. The molecule has 0 aromatic heterocycles. The molecule has 7 heteroatoms. The second-order valence-electron chi connectivity index (χ2n) is 7.45. The summed E-state index contributed by atoms with van der Waals surface area (Å²) < 4.78 is 24.5. The standard InChI is InChI=1S/C21H18Cl2O4S/c1-21(2)9-11-13(26-3)5-6-14(27-4)16(11)18(21)20-19(24)17-12(23)7-10(22)8-15(17)28(20)25/h5-8H,9H2,1-4H3/b20-18-/t28-/m0/s1. The molecular formula is C21H18Cl2O4S. The summed E-state index contributed by atoms with van der Waals surface area (Å²) in [5, 5.41) is 0.562.